The second-order valence-corrected chi connectivity index (χ2v) is 4.75. The van der Waals surface area contributed by atoms with E-state index >= 15 is 0 Å². The lowest BCUT2D eigenvalue weighted by molar-refractivity contribution is 0.0992. The molecule has 0 saturated carbocycles. The van der Waals surface area contributed by atoms with Crippen LogP contribution >= 0.6 is 11.6 Å². The van der Waals surface area contributed by atoms with Crippen LogP contribution in [0.15, 0.2) is 24.3 Å². The standard InChI is InChI=1S/C14H15ClN2O/c1-9-6-4-5-7-11(9)13(18)8-12-10(2)16-17(3)14(12)15/h4-7H,8H2,1-3H3. The molecule has 0 fully saturated rings. The van der Waals surface area contributed by atoms with Crippen molar-refractivity contribution in [2.45, 2.75) is 20.3 Å². The Morgan fingerprint density at radius 3 is 2.56 bits per heavy atom. The summed E-state index contributed by atoms with van der Waals surface area (Å²) in [5, 5.41) is 4.75. The molecule has 0 spiro atoms. The van der Waals surface area contributed by atoms with Crippen molar-refractivity contribution in [2.24, 2.45) is 7.05 Å². The summed E-state index contributed by atoms with van der Waals surface area (Å²) < 4.78 is 1.59. The molecule has 1 heterocycles. The second-order valence-electron chi connectivity index (χ2n) is 4.39. The molecule has 1 aromatic heterocycles. The fraction of sp³-hybridized carbons (Fsp3) is 0.286. The molecule has 2 aromatic rings. The van der Waals surface area contributed by atoms with Gasteiger partial charge in [0.05, 0.1) is 5.69 Å². The van der Waals surface area contributed by atoms with Crippen molar-refractivity contribution < 1.29 is 4.79 Å². The summed E-state index contributed by atoms with van der Waals surface area (Å²) >= 11 is 6.13. The highest BCUT2D eigenvalue weighted by Gasteiger charge is 2.16. The lowest BCUT2D eigenvalue weighted by atomic mass is 10.00. The van der Waals surface area contributed by atoms with Crippen molar-refractivity contribution in [1.29, 1.82) is 0 Å². The largest absolute Gasteiger partial charge is 0.294 e. The molecule has 4 heteroatoms. The molecule has 0 amide bonds. The number of aryl methyl sites for hydroxylation is 3. The van der Waals surface area contributed by atoms with E-state index in [4.69, 9.17) is 11.6 Å². The number of hydrogen-bond acceptors (Lipinski definition) is 2. The Kier molecular flexibility index (Phi) is 3.53. The van der Waals surface area contributed by atoms with E-state index in [9.17, 15) is 4.79 Å². The van der Waals surface area contributed by atoms with Crippen LogP contribution in [0.5, 0.6) is 0 Å². The number of carbonyl (C=O) groups excluding carboxylic acids is 1. The van der Waals surface area contributed by atoms with E-state index in [1.165, 1.54) is 0 Å². The number of benzene rings is 1. The summed E-state index contributed by atoms with van der Waals surface area (Å²) in [5.74, 6) is 0.0751. The Morgan fingerprint density at radius 2 is 2.00 bits per heavy atom. The number of aromatic nitrogens is 2. The Morgan fingerprint density at radius 1 is 1.33 bits per heavy atom. The lowest BCUT2D eigenvalue weighted by Gasteiger charge is -2.04. The van der Waals surface area contributed by atoms with Crippen LogP contribution in [-0.4, -0.2) is 15.6 Å². The van der Waals surface area contributed by atoms with Crippen molar-refractivity contribution in [2.75, 3.05) is 0 Å². The van der Waals surface area contributed by atoms with Crippen LogP contribution in [0.4, 0.5) is 0 Å². The third-order valence-electron chi connectivity index (χ3n) is 3.05. The molecule has 0 unspecified atom stereocenters. The molecule has 0 bridgehead atoms. The van der Waals surface area contributed by atoms with E-state index in [0.29, 0.717) is 11.6 Å². The Bertz CT molecular complexity index is 602. The first kappa shape index (κ1) is 12.8. The summed E-state index contributed by atoms with van der Waals surface area (Å²) in [6.07, 6.45) is 0.295. The number of carbonyl (C=O) groups is 1. The van der Waals surface area contributed by atoms with Crippen molar-refractivity contribution in [3.05, 3.63) is 51.8 Å². The van der Waals surface area contributed by atoms with Crippen LogP contribution in [0.3, 0.4) is 0 Å². The van der Waals surface area contributed by atoms with Crippen LogP contribution in [0, 0.1) is 13.8 Å². The smallest absolute Gasteiger partial charge is 0.167 e. The zero-order valence-corrected chi connectivity index (χ0v) is 11.5. The maximum Gasteiger partial charge on any atom is 0.167 e. The van der Waals surface area contributed by atoms with E-state index in [0.717, 1.165) is 22.4 Å². The molecule has 0 atom stereocenters. The maximum absolute atomic E-state index is 12.3. The highest BCUT2D eigenvalue weighted by Crippen LogP contribution is 2.21. The number of rotatable bonds is 3. The van der Waals surface area contributed by atoms with Crippen molar-refractivity contribution >= 4 is 17.4 Å². The fourth-order valence-corrected chi connectivity index (χ4v) is 2.26. The predicted octanol–water partition coefficient (Wildman–Crippen LogP) is 3.12. The number of halogens is 1. The van der Waals surface area contributed by atoms with Crippen LogP contribution in [-0.2, 0) is 13.5 Å². The van der Waals surface area contributed by atoms with Crippen molar-refractivity contribution in [1.82, 2.24) is 9.78 Å². The minimum absolute atomic E-state index is 0.0751. The predicted molar refractivity (Wildman–Crippen MR) is 72.2 cm³/mol. The van der Waals surface area contributed by atoms with Gasteiger partial charge in [0, 0.05) is 24.6 Å². The molecule has 3 nitrogen and oxygen atoms in total. The second kappa shape index (κ2) is 4.94. The van der Waals surface area contributed by atoms with Gasteiger partial charge >= 0.3 is 0 Å². The Balaban J connectivity index is 2.30. The topological polar surface area (TPSA) is 34.9 Å². The van der Waals surface area contributed by atoms with Crippen molar-refractivity contribution in [3.8, 4) is 0 Å². The van der Waals surface area contributed by atoms with Crippen LogP contribution in [0.1, 0.15) is 27.2 Å². The van der Waals surface area contributed by atoms with Gasteiger partial charge in [-0.05, 0) is 19.4 Å². The quantitative estimate of drug-likeness (QED) is 0.797. The van der Waals surface area contributed by atoms with Gasteiger partial charge in [0.2, 0.25) is 0 Å². The first-order chi connectivity index (χ1) is 8.50. The molecule has 1 aromatic carbocycles. The monoisotopic (exact) mass is 262 g/mol. The fourth-order valence-electron chi connectivity index (χ4n) is 2.02. The molecule has 2 rings (SSSR count). The summed E-state index contributed by atoms with van der Waals surface area (Å²) in [4.78, 5) is 12.3. The van der Waals surface area contributed by atoms with Gasteiger partial charge < -0.3 is 0 Å². The van der Waals surface area contributed by atoms with Gasteiger partial charge in [-0.15, -0.1) is 0 Å². The average Bonchev–Trinajstić information content (AvgIpc) is 2.56. The summed E-state index contributed by atoms with van der Waals surface area (Å²) in [6, 6.07) is 7.58. The van der Waals surface area contributed by atoms with Crippen LogP contribution < -0.4 is 0 Å². The third kappa shape index (κ3) is 2.31. The summed E-state index contributed by atoms with van der Waals surface area (Å²) in [6.45, 7) is 3.80. The number of ketones is 1. The Hall–Kier alpha value is -1.61. The van der Waals surface area contributed by atoms with E-state index < -0.39 is 0 Å². The molecule has 18 heavy (non-hydrogen) atoms. The average molecular weight is 263 g/mol. The van der Waals surface area contributed by atoms with E-state index in [1.807, 2.05) is 38.1 Å². The molecular weight excluding hydrogens is 248 g/mol. The van der Waals surface area contributed by atoms with Gasteiger partial charge in [-0.2, -0.15) is 5.10 Å². The molecule has 0 radical (unpaired) electrons. The minimum atomic E-state index is 0.0751. The van der Waals surface area contributed by atoms with Gasteiger partial charge in [-0.1, -0.05) is 35.9 Å². The zero-order valence-electron chi connectivity index (χ0n) is 10.7. The number of hydrogen-bond donors (Lipinski definition) is 0. The lowest BCUT2D eigenvalue weighted by Crippen LogP contribution is -2.06. The van der Waals surface area contributed by atoms with Crippen LogP contribution in [0.25, 0.3) is 0 Å². The molecule has 0 aliphatic heterocycles. The van der Waals surface area contributed by atoms with E-state index in [1.54, 1.807) is 11.7 Å². The summed E-state index contributed by atoms with van der Waals surface area (Å²) in [5.41, 5.74) is 3.36. The number of nitrogens with zero attached hydrogens (tertiary/aromatic N) is 2. The third-order valence-corrected chi connectivity index (χ3v) is 3.53. The van der Waals surface area contributed by atoms with Gasteiger partial charge in [0.15, 0.2) is 5.78 Å². The van der Waals surface area contributed by atoms with Gasteiger partial charge in [-0.25, -0.2) is 0 Å². The van der Waals surface area contributed by atoms with E-state index in [2.05, 4.69) is 5.10 Å². The molecule has 0 N–H and O–H groups in total. The van der Waals surface area contributed by atoms with E-state index in [-0.39, 0.29) is 5.78 Å². The van der Waals surface area contributed by atoms with Gasteiger partial charge in [0.25, 0.3) is 0 Å². The molecule has 0 saturated heterocycles. The minimum Gasteiger partial charge on any atom is -0.294 e. The highest BCUT2D eigenvalue weighted by atomic mass is 35.5. The molecule has 0 aliphatic carbocycles. The maximum atomic E-state index is 12.3. The van der Waals surface area contributed by atoms with Crippen molar-refractivity contribution in [3.63, 3.8) is 0 Å². The number of Topliss-reactive ketones (excluding diaryl/α,β-unsaturated/α-hetero) is 1. The first-order valence-corrected chi connectivity index (χ1v) is 6.15. The molecule has 0 aliphatic rings. The molecular formula is C14H15ClN2O. The van der Waals surface area contributed by atoms with Gasteiger partial charge in [-0.3, -0.25) is 9.48 Å². The Labute approximate surface area is 111 Å². The normalized spacial score (nSPS) is 10.7. The highest BCUT2D eigenvalue weighted by molar-refractivity contribution is 6.30. The first-order valence-electron chi connectivity index (χ1n) is 5.77. The SMILES string of the molecule is Cc1ccccc1C(=O)Cc1c(C)nn(C)c1Cl. The van der Waals surface area contributed by atoms with Crippen LogP contribution in [0.2, 0.25) is 5.15 Å². The molecule has 94 valence electrons. The zero-order chi connectivity index (χ0) is 13.3. The van der Waals surface area contributed by atoms with Gasteiger partial charge in [0.1, 0.15) is 5.15 Å². The summed E-state index contributed by atoms with van der Waals surface area (Å²) in [7, 11) is 1.77.